The zero-order valence-corrected chi connectivity index (χ0v) is 17.8. The van der Waals surface area contributed by atoms with Crippen LogP contribution in [0, 0.1) is 5.92 Å². The molecular formula is C24H26ClNOS. The van der Waals surface area contributed by atoms with Gasteiger partial charge in [-0.2, -0.15) is 11.3 Å². The normalized spacial score (nSPS) is 15.6. The van der Waals surface area contributed by atoms with Crippen LogP contribution in [0.25, 0.3) is 11.1 Å². The van der Waals surface area contributed by atoms with Crippen LogP contribution in [-0.2, 0) is 6.42 Å². The Morgan fingerprint density at radius 3 is 2.57 bits per heavy atom. The van der Waals surface area contributed by atoms with Crippen molar-refractivity contribution in [2.24, 2.45) is 5.92 Å². The van der Waals surface area contributed by atoms with E-state index in [1.54, 1.807) is 11.3 Å². The van der Waals surface area contributed by atoms with Crippen LogP contribution >= 0.6 is 22.9 Å². The third-order valence-electron chi connectivity index (χ3n) is 5.53. The molecule has 2 heterocycles. The van der Waals surface area contributed by atoms with E-state index < -0.39 is 0 Å². The number of likely N-dealkylation sites (tertiary alicyclic amines) is 1. The smallest absolute Gasteiger partial charge is 0.119 e. The van der Waals surface area contributed by atoms with Crippen molar-refractivity contribution >= 4 is 22.9 Å². The molecule has 0 saturated carbocycles. The minimum atomic E-state index is 0.660. The van der Waals surface area contributed by atoms with Crippen molar-refractivity contribution in [1.29, 1.82) is 0 Å². The van der Waals surface area contributed by atoms with E-state index in [0.717, 1.165) is 23.8 Å². The molecule has 4 rings (SSSR count). The van der Waals surface area contributed by atoms with Gasteiger partial charge in [0.2, 0.25) is 0 Å². The molecule has 1 aliphatic rings. The second kappa shape index (κ2) is 9.13. The highest BCUT2D eigenvalue weighted by molar-refractivity contribution is 7.07. The Morgan fingerprint density at radius 2 is 1.86 bits per heavy atom. The lowest BCUT2D eigenvalue weighted by Gasteiger charge is -2.28. The van der Waals surface area contributed by atoms with Crippen LogP contribution in [0.1, 0.15) is 24.0 Å². The van der Waals surface area contributed by atoms with E-state index in [-0.39, 0.29) is 0 Å². The summed E-state index contributed by atoms with van der Waals surface area (Å²) < 4.78 is 6.21. The van der Waals surface area contributed by atoms with Crippen LogP contribution in [0.3, 0.4) is 0 Å². The summed E-state index contributed by atoms with van der Waals surface area (Å²) in [6.45, 7) is 3.16. The number of halogens is 1. The molecule has 0 unspecified atom stereocenters. The van der Waals surface area contributed by atoms with Gasteiger partial charge in [-0.1, -0.05) is 29.8 Å². The van der Waals surface area contributed by atoms with Crippen molar-refractivity contribution in [3.63, 3.8) is 0 Å². The molecule has 3 aromatic rings. The summed E-state index contributed by atoms with van der Waals surface area (Å²) in [4.78, 5) is 2.40. The minimum Gasteiger partial charge on any atom is -0.493 e. The molecule has 28 heavy (non-hydrogen) atoms. The van der Waals surface area contributed by atoms with Gasteiger partial charge in [0.05, 0.1) is 6.61 Å². The summed E-state index contributed by atoms with van der Waals surface area (Å²) in [7, 11) is 2.20. The van der Waals surface area contributed by atoms with E-state index in [4.69, 9.17) is 16.3 Å². The Bertz CT molecular complexity index is 883. The lowest BCUT2D eigenvalue weighted by Crippen LogP contribution is -2.32. The largest absolute Gasteiger partial charge is 0.493 e. The summed E-state index contributed by atoms with van der Waals surface area (Å²) in [5.41, 5.74) is 5.07. The van der Waals surface area contributed by atoms with Crippen molar-refractivity contribution in [3.8, 4) is 16.9 Å². The molecule has 0 atom stereocenters. The molecule has 0 aliphatic carbocycles. The molecule has 4 heteroatoms. The third-order valence-corrected chi connectivity index (χ3v) is 6.51. The topological polar surface area (TPSA) is 12.5 Å². The van der Waals surface area contributed by atoms with Gasteiger partial charge >= 0.3 is 0 Å². The minimum absolute atomic E-state index is 0.660. The average molecular weight is 412 g/mol. The fraction of sp³-hybridized carbons (Fsp3) is 0.333. The summed E-state index contributed by atoms with van der Waals surface area (Å²) >= 11 is 7.82. The predicted octanol–water partition coefficient (Wildman–Crippen LogP) is 6.38. The van der Waals surface area contributed by atoms with Gasteiger partial charge < -0.3 is 9.64 Å². The molecule has 1 aliphatic heterocycles. The molecule has 1 fully saturated rings. The van der Waals surface area contributed by atoms with Crippen LogP contribution in [0.4, 0.5) is 0 Å². The van der Waals surface area contributed by atoms with Gasteiger partial charge in [0.25, 0.3) is 0 Å². The monoisotopic (exact) mass is 411 g/mol. The highest BCUT2D eigenvalue weighted by Crippen LogP contribution is 2.31. The first-order valence-electron chi connectivity index (χ1n) is 9.88. The number of piperidine rings is 1. The van der Waals surface area contributed by atoms with Gasteiger partial charge in [-0.15, -0.1) is 0 Å². The zero-order valence-electron chi connectivity index (χ0n) is 16.2. The van der Waals surface area contributed by atoms with Gasteiger partial charge in [0, 0.05) is 5.02 Å². The standard InChI is InChI=1S/C24H26ClNOS/c1-26-11-8-18(9-12-26)16-27-23-6-7-24(20-2-4-22(25)5-3-20)21(15-23)14-19-10-13-28-17-19/h2-7,10,13,15,17-18H,8-9,11-12,14,16H2,1H3. The molecule has 2 aromatic carbocycles. The average Bonchev–Trinajstić information content (AvgIpc) is 3.22. The molecule has 0 spiro atoms. The first-order chi connectivity index (χ1) is 13.7. The summed E-state index contributed by atoms with van der Waals surface area (Å²) in [5.74, 6) is 1.63. The van der Waals surface area contributed by atoms with Crippen molar-refractivity contribution in [2.45, 2.75) is 19.3 Å². The van der Waals surface area contributed by atoms with Crippen molar-refractivity contribution in [3.05, 3.63) is 75.4 Å². The lowest BCUT2D eigenvalue weighted by atomic mass is 9.95. The number of nitrogens with zero attached hydrogens (tertiary/aromatic N) is 1. The van der Waals surface area contributed by atoms with E-state index >= 15 is 0 Å². The van der Waals surface area contributed by atoms with E-state index in [2.05, 4.69) is 59.1 Å². The Kier molecular flexibility index (Phi) is 6.36. The van der Waals surface area contributed by atoms with Crippen LogP contribution in [0.2, 0.25) is 5.02 Å². The number of benzene rings is 2. The van der Waals surface area contributed by atoms with E-state index in [9.17, 15) is 0 Å². The molecule has 1 saturated heterocycles. The van der Waals surface area contributed by atoms with Gasteiger partial charge in [-0.25, -0.2) is 0 Å². The van der Waals surface area contributed by atoms with Gasteiger partial charge in [0.1, 0.15) is 5.75 Å². The fourth-order valence-electron chi connectivity index (χ4n) is 3.77. The molecular weight excluding hydrogens is 386 g/mol. The van der Waals surface area contributed by atoms with E-state index in [0.29, 0.717) is 5.92 Å². The van der Waals surface area contributed by atoms with Crippen molar-refractivity contribution < 1.29 is 4.74 Å². The quantitative estimate of drug-likeness (QED) is 0.466. The third kappa shape index (κ3) is 4.96. The lowest BCUT2D eigenvalue weighted by molar-refractivity contribution is 0.160. The number of rotatable bonds is 6. The van der Waals surface area contributed by atoms with Crippen LogP contribution in [-0.4, -0.2) is 31.6 Å². The molecule has 1 aromatic heterocycles. The van der Waals surface area contributed by atoms with Crippen LogP contribution < -0.4 is 4.74 Å². The van der Waals surface area contributed by atoms with E-state index in [1.165, 1.54) is 48.2 Å². The zero-order chi connectivity index (χ0) is 19.3. The number of ether oxygens (including phenoxy) is 1. The molecule has 0 amide bonds. The number of hydrogen-bond donors (Lipinski definition) is 0. The van der Waals surface area contributed by atoms with Crippen LogP contribution in [0.5, 0.6) is 5.75 Å². The van der Waals surface area contributed by atoms with Crippen molar-refractivity contribution in [2.75, 3.05) is 26.7 Å². The molecule has 146 valence electrons. The number of hydrogen-bond acceptors (Lipinski definition) is 3. The molecule has 0 radical (unpaired) electrons. The highest BCUT2D eigenvalue weighted by atomic mass is 35.5. The predicted molar refractivity (Wildman–Crippen MR) is 120 cm³/mol. The summed E-state index contributed by atoms with van der Waals surface area (Å²) in [5, 5.41) is 5.12. The molecule has 0 N–H and O–H groups in total. The Labute approximate surface area is 176 Å². The van der Waals surface area contributed by atoms with E-state index in [1.807, 2.05) is 12.1 Å². The molecule has 2 nitrogen and oxygen atoms in total. The first kappa shape index (κ1) is 19.5. The van der Waals surface area contributed by atoms with Crippen LogP contribution in [0.15, 0.2) is 59.3 Å². The maximum Gasteiger partial charge on any atom is 0.119 e. The second-order valence-electron chi connectivity index (χ2n) is 7.69. The highest BCUT2D eigenvalue weighted by Gasteiger charge is 2.17. The Morgan fingerprint density at radius 1 is 1.07 bits per heavy atom. The maximum absolute atomic E-state index is 6.21. The fourth-order valence-corrected chi connectivity index (χ4v) is 4.57. The maximum atomic E-state index is 6.21. The SMILES string of the molecule is CN1CCC(COc2ccc(-c3ccc(Cl)cc3)c(Cc3ccsc3)c2)CC1. The summed E-state index contributed by atoms with van der Waals surface area (Å²) in [6, 6.07) is 16.8. The van der Waals surface area contributed by atoms with Gasteiger partial charge in [-0.3, -0.25) is 0 Å². The van der Waals surface area contributed by atoms with Gasteiger partial charge in [0.15, 0.2) is 0 Å². The number of thiophene rings is 1. The Hall–Kier alpha value is -1.81. The molecule has 0 bridgehead atoms. The Balaban J connectivity index is 1.54. The first-order valence-corrected chi connectivity index (χ1v) is 11.2. The van der Waals surface area contributed by atoms with Crippen molar-refractivity contribution in [1.82, 2.24) is 4.90 Å². The second-order valence-corrected chi connectivity index (χ2v) is 8.91. The summed E-state index contributed by atoms with van der Waals surface area (Å²) in [6.07, 6.45) is 3.36. The van der Waals surface area contributed by atoms with Gasteiger partial charge in [-0.05, 0) is 109 Å².